The molecule has 0 radical (unpaired) electrons. The Balaban J connectivity index is 1.54. The summed E-state index contributed by atoms with van der Waals surface area (Å²) in [6.07, 6.45) is 4.43. The van der Waals surface area contributed by atoms with Crippen LogP contribution in [-0.4, -0.2) is 34.4 Å². The van der Waals surface area contributed by atoms with Crippen molar-refractivity contribution >= 4 is 5.91 Å². The van der Waals surface area contributed by atoms with Gasteiger partial charge in [-0.05, 0) is 25.2 Å². The second-order valence-electron chi connectivity index (χ2n) is 7.77. The molecule has 1 amide bonds. The SMILES string of the molecule is N#Cc1cncc2c1O[C@H]1C[C@@H]2N(C(=O)[C@@]23CCC(CC2(F)F)C3)C1. The van der Waals surface area contributed by atoms with Crippen LogP contribution >= 0.6 is 0 Å². The van der Waals surface area contributed by atoms with Crippen LogP contribution in [0.5, 0.6) is 5.75 Å². The van der Waals surface area contributed by atoms with E-state index in [1.165, 1.54) is 6.20 Å². The van der Waals surface area contributed by atoms with Gasteiger partial charge in [-0.25, -0.2) is 8.78 Å². The van der Waals surface area contributed by atoms with Crippen molar-refractivity contribution in [3.63, 3.8) is 0 Å². The topological polar surface area (TPSA) is 66.2 Å². The summed E-state index contributed by atoms with van der Waals surface area (Å²) in [4.78, 5) is 18.9. The van der Waals surface area contributed by atoms with E-state index >= 15 is 0 Å². The molecule has 3 heterocycles. The van der Waals surface area contributed by atoms with E-state index < -0.39 is 17.2 Å². The molecule has 4 bridgehead atoms. The quantitative estimate of drug-likeness (QED) is 0.785. The lowest BCUT2D eigenvalue weighted by molar-refractivity contribution is -0.168. The lowest BCUT2D eigenvalue weighted by Crippen LogP contribution is -2.50. The summed E-state index contributed by atoms with van der Waals surface area (Å²) >= 11 is 0. The van der Waals surface area contributed by atoms with Crippen LogP contribution < -0.4 is 4.74 Å². The molecule has 5 rings (SSSR count). The number of nitriles is 1. The minimum absolute atomic E-state index is 0.0451. The van der Waals surface area contributed by atoms with E-state index in [-0.39, 0.29) is 37.3 Å². The van der Waals surface area contributed by atoms with Crippen LogP contribution in [0.1, 0.15) is 49.3 Å². The molecule has 0 N–H and O–H groups in total. The van der Waals surface area contributed by atoms with Crippen LogP contribution in [0, 0.1) is 22.7 Å². The highest BCUT2D eigenvalue weighted by atomic mass is 19.3. The molecule has 4 aliphatic rings. The van der Waals surface area contributed by atoms with Gasteiger partial charge in [0.05, 0.1) is 12.6 Å². The van der Waals surface area contributed by atoms with Crippen LogP contribution in [0.4, 0.5) is 8.78 Å². The van der Waals surface area contributed by atoms with E-state index in [1.807, 2.05) is 0 Å². The van der Waals surface area contributed by atoms with Gasteiger partial charge in [-0.15, -0.1) is 0 Å². The fourth-order valence-electron chi connectivity index (χ4n) is 5.32. The molecule has 4 atom stereocenters. The van der Waals surface area contributed by atoms with Gasteiger partial charge in [-0.1, -0.05) is 0 Å². The van der Waals surface area contributed by atoms with Crippen molar-refractivity contribution in [1.29, 1.82) is 5.26 Å². The van der Waals surface area contributed by atoms with Gasteiger partial charge in [-0.2, -0.15) is 5.26 Å². The van der Waals surface area contributed by atoms with Crippen molar-refractivity contribution in [3.8, 4) is 11.8 Å². The molecule has 1 unspecified atom stereocenters. The van der Waals surface area contributed by atoms with Crippen molar-refractivity contribution in [1.82, 2.24) is 9.88 Å². The van der Waals surface area contributed by atoms with Crippen LogP contribution in [-0.2, 0) is 4.79 Å². The summed E-state index contributed by atoms with van der Waals surface area (Å²) in [5.74, 6) is -2.96. The van der Waals surface area contributed by atoms with Crippen LogP contribution in [0.2, 0.25) is 0 Å². The number of nitrogens with zero attached hydrogens (tertiary/aromatic N) is 3. The van der Waals surface area contributed by atoms with Gasteiger partial charge in [0, 0.05) is 30.8 Å². The smallest absolute Gasteiger partial charge is 0.262 e. The molecular weight excluding hydrogens is 328 g/mol. The molecule has 1 saturated heterocycles. The summed E-state index contributed by atoms with van der Waals surface area (Å²) in [5, 5.41) is 9.24. The number of hydrogen-bond donors (Lipinski definition) is 0. The lowest BCUT2D eigenvalue weighted by atomic mass is 9.79. The van der Waals surface area contributed by atoms with Crippen LogP contribution in [0.3, 0.4) is 0 Å². The first kappa shape index (κ1) is 15.1. The number of carbonyl (C=O) groups excluding carboxylic acids is 1. The standard InChI is InChI=1S/C18H17F2N3O2/c19-18(20)5-10-1-2-17(18,4-10)16(24)23-9-12-3-14(23)13-8-22-7-11(6-21)15(13)25-12/h7-8,10,12,14H,1-5,9H2/t10?,12-,14-,17-/m0/s1. The Bertz CT molecular complexity index is 821. The monoisotopic (exact) mass is 345 g/mol. The van der Waals surface area contributed by atoms with E-state index in [0.717, 1.165) is 0 Å². The molecule has 5 nitrogen and oxygen atoms in total. The first-order valence-electron chi connectivity index (χ1n) is 8.69. The summed E-state index contributed by atoms with van der Waals surface area (Å²) in [7, 11) is 0. The number of amides is 1. The van der Waals surface area contributed by atoms with Gasteiger partial charge in [-0.3, -0.25) is 9.78 Å². The van der Waals surface area contributed by atoms with Gasteiger partial charge in [0.2, 0.25) is 5.91 Å². The molecule has 1 aromatic heterocycles. The summed E-state index contributed by atoms with van der Waals surface area (Å²) in [6.45, 7) is 0.297. The molecule has 0 aromatic carbocycles. The molecule has 3 fully saturated rings. The van der Waals surface area contributed by atoms with E-state index in [9.17, 15) is 18.8 Å². The van der Waals surface area contributed by atoms with E-state index in [4.69, 9.17) is 4.74 Å². The van der Waals surface area contributed by atoms with Gasteiger partial charge in [0.15, 0.2) is 0 Å². The number of ether oxygens (including phenoxy) is 1. The molecule has 2 aliphatic heterocycles. The maximum atomic E-state index is 14.6. The molecule has 7 heteroatoms. The zero-order valence-corrected chi connectivity index (χ0v) is 13.5. The maximum absolute atomic E-state index is 14.6. The average molecular weight is 345 g/mol. The predicted molar refractivity (Wildman–Crippen MR) is 81.8 cm³/mol. The number of hydrogen-bond acceptors (Lipinski definition) is 4. The molecule has 130 valence electrons. The van der Waals surface area contributed by atoms with Crippen LogP contribution in [0.25, 0.3) is 0 Å². The van der Waals surface area contributed by atoms with Crippen molar-refractivity contribution < 1.29 is 18.3 Å². The highest BCUT2D eigenvalue weighted by molar-refractivity contribution is 5.86. The summed E-state index contributed by atoms with van der Waals surface area (Å²) in [5.41, 5.74) is -0.560. The predicted octanol–water partition coefficient (Wildman–Crippen LogP) is 2.81. The number of pyridine rings is 1. The number of alkyl halides is 2. The van der Waals surface area contributed by atoms with E-state index in [2.05, 4.69) is 11.1 Å². The number of halogens is 2. The molecule has 2 saturated carbocycles. The largest absolute Gasteiger partial charge is 0.487 e. The molecule has 2 aliphatic carbocycles. The Morgan fingerprint density at radius 2 is 2.24 bits per heavy atom. The first-order chi connectivity index (χ1) is 11.9. The third-order valence-electron chi connectivity index (χ3n) is 6.48. The van der Waals surface area contributed by atoms with Crippen molar-refractivity contribution in [3.05, 3.63) is 23.5 Å². The Morgan fingerprint density at radius 3 is 2.92 bits per heavy atom. The third-order valence-corrected chi connectivity index (χ3v) is 6.48. The van der Waals surface area contributed by atoms with Crippen molar-refractivity contribution in [2.75, 3.05) is 6.54 Å². The average Bonchev–Trinajstić information content (AvgIpc) is 3.23. The second-order valence-corrected chi connectivity index (χ2v) is 7.77. The zero-order chi connectivity index (χ0) is 17.4. The highest BCUT2D eigenvalue weighted by Crippen LogP contribution is 2.64. The molecule has 0 spiro atoms. The summed E-state index contributed by atoms with van der Waals surface area (Å²) < 4.78 is 35.1. The third kappa shape index (κ3) is 1.80. The molecule has 25 heavy (non-hydrogen) atoms. The van der Waals surface area contributed by atoms with Gasteiger partial charge < -0.3 is 9.64 Å². The van der Waals surface area contributed by atoms with Gasteiger partial charge in [0.1, 0.15) is 28.9 Å². The number of fused-ring (bicyclic) bond motifs is 6. The minimum atomic E-state index is -2.93. The maximum Gasteiger partial charge on any atom is 0.262 e. The van der Waals surface area contributed by atoms with Gasteiger partial charge >= 0.3 is 0 Å². The normalized spacial score (nSPS) is 36.7. The lowest BCUT2D eigenvalue weighted by Gasteiger charge is -2.38. The first-order valence-corrected chi connectivity index (χ1v) is 8.69. The van der Waals surface area contributed by atoms with E-state index in [1.54, 1.807) is 11.1 Å². The number of aromatic nitrogens is 1. The zero-order valence-electron chi connectivity index (χ0n) is 13.5. The highest BCUT2D eigenvalue weighted by Gasteiger charge is 2.69. The molecule has 1 aromatic rings. The Kier molecular flexibility index (Phi) is 2.82. The van der Waals surface area contributed by atoms with Gasteiger partial charge in [0.25, 0.3) is 5.92 Å². The van der Waals surface area contributed by atoms with Crippen LogP contribution in [0.15, 0.2) is 12.4 Å². The number of carbonyl (C=O) groups is 1. The van der Waals surface area contributed by atoms with Crippen molar-refractivity contribution in [2.45, 2.75) is 50.2 Å². The number of likely N-dealkylation sites (tertiary alicyclic amines) is 1. The minimum Gasteiger partial charge on any atom is -0.487 e. The van der Waals surface area contributed by atoms with Crippen molar-refractivity contribution in [2.24, 2.45) is 11.3 Å². The fourth-order valence-corrected chi connectivity index (χ4v) is 5.32. The Labute approximate surface area is 143 Å². The Morgan fingerprint density at radius 1 is 1.40 bits per heavy atom. The summed E-state index contributed by atoms with van der Waals surface area (Å²) in [6, 6.07) is 1.72. The Hall–Kier alpha value is -2.23. The van der Waals surface area contributed by atoms with E-state index in [0.29, 0.717) is 36.3 Å². The fraction of sp³-hybridized carbons (Fsp3) is 0.611. The molecular formula is C18H17F2N3O2. The number of rotatable bonds is 1. The second kappa shape index (κ2) is 4.69.